The van der Waals surface area contributed by atoms with Crippen LogP contribution in [0.4, 0.5) is 11.5 Å². The second-order valence-electron chi connectivity index (χ2n) is 6.73. The number of nitrogens with zero attached hydrogens (tertiary/aromatic N) is 3. The number of hydrogen-bond donors (Lipinski definition) is 2. The molecule has 0 amide bonds. The number of benzene rings is 1. The molecule has 2 aliphatic rings. The summed E-state index contributed by atoms with van der Waals surface area (Å²) in [7, 11) is 0. The second kappa shape index (κ2) is 6.40. The quantitative estimate of drug-likeness (QED) is 0.756. The molecule has 2 N–H and O–H groups in total. The Morgan fingerprint density at radius 3 is 3.00 bits per heavy atom. The van der Waals surface area contributed by atoms with Crippen molar-refractivity contribution in [2.75, 3.05) is 36.5 Å². The first-order valence-corrected chi connectivity index (χ1v) is 9.06. The molecule has 0 spiro atoms. The summed E-state index contributed by atoms with van der Waals surface area (Å²) < 4.78 is 11.3. The van der Waals surface area contributed by atoms with Gasteiger partial charge in [0.15, 0.2) is 11.5 Å². The van der Waals surface area contributed by atoms with Crippen LogP contribution < -0.4 is 19.7 Å². The Labute approximate surface area is 151 Å². The molecule has 0 radical (unpaired) electrons. The Morgan fingerprint density at radius 1 is 1.12 bits per heavy atom. The van der Waals surface area contributed by atoms with Gasteiger partial charge in [-0.2, -0.15) is 0 Å². The first kappa shape index (κ1) is 15.3. The number of ether oxygens (including phenoxy) is 2. The monoisotopic (exact) mass is 351 g/mol. The van der Waals surface area contributed by atoms with Crippen LogP contribution in [-0.4, -0.2) is 47.3 Å². The van der Waals surface area contributed by atoms with E-state index in [0.29, 0.717) is 19.3 Å². The van der Waals surface area contributed by atoms with Crippen LogP contribution >= 0.6 is 0 Å². The lowest BCUT2D eigenvalue weighted by molar-refractivity contribution is 0.171. The molecule has 7 heteroatoms. The minimum atomic E-state index is 0.357. The fourth-order valence-electron chi connectivity index (χ4n) is 3.77. The first-order chi connectivity index (χ1) is 12.9. The summed E-state index contributed by atoms with van der Waals surface area (Å²) >= 11 is 0. The van der Waals surface area contributed by atoms with Crippen molar-refractivity contribution in [2.24, 2.45) is 0 Å². The van der Waals surface area contributed by atoms with Crippen LogP contribution in [0, 0.1) is 0 Å². The van der Waals surface area contributed by atoms with E-state index in [4.69, 9.17) is 9.47 Å². The van der Waals surface area contributed by atoms with Crippen LogP contribution in [0.1, 0.15) is 12.8 Å². The molecule has 0 aliphatic carbocycles. The number of nitrogens with one attached hydrogen (secondary N) is 2. The van der Waals surface area contributed by atoms with Gasteiger partial charge in [0.2, 0.25) is 0 Å². The Balaban J connectivity index is 1.34. The lowest BCUT2D eigenvalue weighted by Gasteiger charge is -2.34. The average molecular weight is 351 g/mol. The molecule has 1 fully saturated rings. The Morgan fingerprint density at radius 2 is 2.04 bits per heavy atom. The number of aromatic amines is 1. The van der Waals surface area contributed by atoms with Gasteiger partial charge in [-0.1, -0.05) is 0 Å². The van der Waals surface area contributed by atoms with Crippen molar-refractivity contribution in [2.45, 2.75) is 18.9 Å². The second-order valence-corrected chi connectivity index (χ2v) is 6.73. The fraction of sp³-hybridized carbons (Fsp3) is 0.368. The van der Waals surface area contributed by atoms with Crippen molar-refractivity contribution in [1.82, 2.24) is 15.0 Å². The van der Waals surface area contributed by atoms with E-state index in [2.05, 4.69) is 31.2 Å². The van der Waals surface area contributed by atoms with Gasteiger partial charge in [0.25, 0.3) is 0 Å². The molecule has 4 heterocycles. The van der Waals surface area contributed by atoms with Crippen LogP contribution in [0.25, 0.3) is 11.0 Å². The zero-order valence-electron chi connectivity index (χ0n) is 14.4. The molecule has 26 heavy (non-hydrogen) atoms. The molecule has 1 aromatic carbocycles. The summed E-state index contributed by atoms with van der Waals surface area (Å²) in [6, 6.07) is 8.47. The van der Waals surface area contributed by atoms with Crippen LogP contribution in [0.5, 0.6) is 11.5 Å². The molecule has 5 rings (SSSR count). The predicted molar refractivity (Wildman–Crippen MR) is 100 cm³/mol. The molecule has 1 atom stereocenters. The predicted octanol–water partition coefficient (Wildman–Crippen LogP) is 2.81. The normalized spacial score (nSPS) is 19.5. The summed E-state index contributed by atoms with van der Waals surface area (Å²) in [5.41, 5.74) is 1.95. The van der Waals surface area contributed by atoms with Gasteiger partial charge in [-0.15, -0.1) is 0 Å². The van der Waals surface area contributed by atoms with E-state index in [1.54, 1.807) is 6.33 Å². The van der Waals surface area contributed by atoms with Crippen molar-refractivity contribution in [3.63, 3.8) is 0 Å². The van der Waals surface area contributed by atoms with Crippen LogP contribution in [0.2, 0.25) is 0 Å². The van der Waals surface area contributed by atoms with Crippen molar-refractivity contribution in [3.05, 3.63) is 36.8 Å². The highest BCUT2D eigenvalue weighted by molar-refractivity contribution is 5.87. The van der Waals surface area contributed by atoms with Crippen molar-refractivity contribution >= 4 is 22.5 Å². The molecule has 1 saturated heterocycles. The number of aromatic nitrogens is 3. The van der Waals surface area contributed by atoms with E-state index in [9.17, 15) is 0 Å². The zero-order chi connectivity index (χ0) is 17.3. The van der Waals surface area contributed by atoms with Gasteiger partial charge in [-0.3, -0.25) is 0 Å². The molecular weight excluding hydrogens is 330 g/mol. The minimum Gasteiger partial charge on any atom is -0.486 e. The van der Waals surface area contributed by atoms with Crippen LogP contribution in [0.15, 0.2) is 36.8 Å². The molecule has 0 saturated carbocycles. The Kier molecular flexibility index (Phi) is 3.77. The lowest BCUT2D eigenvalue weighted by atomic mass is 10.0. The Bertz CT molecular complexity index is 925. The lowest BCUT2D eigenvalue weighted by Crippen LogP contribution is -2.42. The van der Waals surface area contributed by atoms with Crippen LogP contribution in [0.3, 0.4) is 0 Å². The number of H-pyrrole nitrogens is 1. The minimum absolute atomic E-state index is 0.357. The number of rotatable bonds is 3. The van der Waals surface area contributed by atoms with Crippen molar-refractivity contribution in [3.8, 4) is 11.5 Å². The number of anilines is 2. The average Bonchev–Trinajstić information content (AvgIpc) is 3.17. The van der Waals surface area contributed by atoms with Gasteiger partial charge in [0.05, 0.1) is 5.39 Å². The zero-order valence-corrected chi connectivity index (χ0v) is 14.4. The SMILES string of the molecule is c1nc(N2CCCC(Nc3ccc4c(c3)OCCO4)C2)c2cc[nH]c2n1. The van der Waals surface area contributed by atoms with Gasteiger partial charge >= 0.3 is 0 Å². The van der Waals surface area contributed by atoms with E-state index in [1.165, 1.54) is 0 Å². The number of fused-ring (bicyclic) bond motifs is 2. The topological polar surface area (TPSA) is 75.3 Å². The summed E-state index contributed by atoms with van der Waals surface area (Å²) in [5.74, 6) is 2.64. The molecule has 2 aromatic heterocycles. The maximum Gasteiger partial charge on any atom is 0.163 e. The first-order valence-electron chi connectivity index (χ1n) is 9.06. The van der Waals surface area contributed by atoms with Crippen LogP contribution in [-0.2, 0) is 0 Å². The summed E-state index contributed by atoms with van der Waals surface area (Å²) in [4.78, 5) is 14.3. The van der Waals surface area contributed by atoms with E-state index in [-0.39, 0.29) is 0 Å². The van der Waals surface area contributed by atoms with E-state index < -0.39 is 0 Å². The van der Waals surface area contributed by atoms with Gasteiger partial charge in [-0.25, -0.2) is 9.97 Å². The molecule has 2 aliphatic heterocycles. The molecule has 3 aromatic rings. The third-order valence-corrected chi connectivity index (χ3v) is 4.97. The summed E-state index contributed by atoms with van der Waals surface area (Å²) in [6.07, 6.45) is 5.80. The van der Waals surface area contributed by atoms with E-state index >= 15 is 0 Å². The van der Waals surface area contributed by atoms with Gasteiger partial charge in [-0.05, 0) is 31.0 Å². The molecular formula is C19H21N5O2. The van der Waals surface area contributed by atoms with E-state index in [1.807, 2.05) is 24.4 Å². The van der Waals surface area contributed by atoms with Crippen molar-refractivity contribution in [1.29, 1.82) is 0 Å². The number of piperidine rings is 1. The molecule has 134 valence electrons. The third kappa shape index (κ3) is 2.79. The van der Waals surface area contributed by atoms with Crippen molar-refractivity contribution < 1.29 is 9.47 Å². The third-order valence-electron chi connectivity index (χ3n) is 4.97. The molecule has 1 unspecified atom stereocenters. The maximum absolute atomic E-state index is 5.69. The summed E-state index contributed by atoms with van der Waals surface area (Å²) in [6.45, 7) is 3.14. The molecule has 7 nitrogen and oxygen atoms in total. The smallest absolute Gasteiger partial charge is 0.163 e. The van der Waals surface area contributed by atoms with E-state index in [0.717, 1.165) is 60.0 Å². The fourth-order valence-corrected chi connectivity index (χ4v) is 3.77. The van der Waals surface area contributed by atoms with Gasteiger partial charge in [0.1, 0.15) is 31.0 Å². The molecule has 0 bridgehead atoms. The standard InChI is InChI=1S/C19H21N5O2/c1-2-14(23-13-3-4-16-17(10-13)26-9-8-25-16)11-24(7-1)19-15-5-6-20-18(15)21-12-22-19/h3-6,10,12,14,23H,1-2,7-9,11H2,(H,20,21,22). The van der Waals surface area contributed by atoms with Gasteiger partial charge in [0, 0.05) is 37.1 Å². The Hall–Kier alpha value is -2.96. The highest BCUT2D eigenvalue weighted by atomic mass is 16.6. The highest BCUT2D eigenvalue weighted by Gasteiger charge is 2.23. The van der Waals surface area contributed by atoms with Gasteiger partial charge < -0.3 is 24.7 Å². The highest BCUT2D eigenvalue weighted by Crippen LogP contribution is 2.33. The maximum atomic E-state index is 5.69. The number of hydrogen-bond acceptors (Lipinski definition) is 6. The summed E-state index contributed by atoms with van der Waals surface area (Å²) in [5, 5.41) is 4.72. The largest absolute Gasteiger partial charge is 0.486 e.